The van der Waals surface area contributed by atoms with Crippen molar-refractivity contribution >= 4 is 29.2 Å². The minimum Gasteiger partial charge on any atom is -0.495 e. The molecule has 0 unspecified atom stereocenters. The molecule has 0 spiro atoms. The molecule has 0 aromatic heterocycles. The van der Waals surface area contributed by atoms with Gasteiger partial charge in [-0.2, -0.15) is 0 Å². The third-order valence-corrected chi connectivity index (χ3v) is 6.07. The molecular formula is C24H28N4O4. The molecule has 32 heavy (non-hydrogen) atoms. The summed E-state index contributed by atoms with van der Waals surface area (Å²) in [6.07, 6.45) is 3.46. The van der Waals surface area contributed by atoms with Crippen LogP contribution in [-0.2, 0) is 9.59 Å². The summed E-state index contributed by atoms with van der Waals surface area (Å²) in [6, 6.07) is 14.7. The summed E-state index contributed by atoms with van der Waals surface area (Å²) >= 11 is 0. The molecular weight excluding hydrogens is 408 g/mol. The lowest BCUT2D eigenvalue weighted by molar-refractivity contribution is -0.135. The highest BCUT2D eigenvalue weighted by atomic mass is 16.5. The first kappa shape index (κ1) is 21.7. The van der Waals surface area contributed by atoms with E-state index in [4.69, 9.17) is 4.74 Å². The van der Waals surface area contributed by atoms with E-state index in [9.17, 15) is 14.4 Å². The number of rotatable bonds is 5. The molecule has 3 atom stereocenters. The number of benzene rings is 2. The van der Waals surface area contributed by atoms with E-state index < -0.39 is 6.04 Å². The van der Waals surface area contributed by atoms with E-state index in [-0.39, 0.29) is 36.3 Å². The summed E-state index contributed by atoms with van der Waals surface area (Å²) in [5, 5.41) is 8.74. The fourth-order valence-electron chi connectivity index (χ4n) is 4.57. The minimum absolute atomic E-state index is 0.0914. The Labute approximate surface area is 187 Å². The van der Waals surface area contributed by atoms with E-state index in [2.05, 4.69) is 16.0 Å². The predicted molar refractivity (Wildman–Crippen MR) is 122 cm³/mol. The first-order valence-electron chi connectivity index (χ1n) is 10.9. The highest BCUT2D eigenvalue weighted by molar-refractivity contribution is 6.00. The number of hydrogen-bond acceptors (Lipinski definition) is 4. The molecule has 0 radical (unpaired) electrons. The molecule has 1 saturated carbocycles. The maximum absolute atomic E-state index is 13.3. The van der Waals surface area contributed by atoms with Gasteiger partial charge in [0, 0.05) is 11.7 Å². The number of urea groups is 1. The highest BCUT2D eigenvalue weighted by Crippen LogP contribution is 2.31. The average Bonchev–Trinajstić information content (AvgIpc) is 2.80. The van der Waals surface area contributed by atoms with Gasteiger partial charge in [0.25, 0.3) is 0 Å². The Hall–Kier alpha value is -3.55. The summed E-state index contributed by atoms with van der Waals surface area (Å²) in [4.78, 5) is 40.7. The van der Waals surface area contributed by atoms with Crippen molar-refractivity contribution in [2.75, 3.05) is 17.7 Å². The van der Waals surface area contributed by atoms with Gasteiger partial charge in [-0.05, 0) is 37.1 Å². The van der Waals surface area contributed by atoms with Crippen LogP contribution in [0.4, 0.5) is 16.2 Å². The highest BCUT2D eigenvalue weighted by Gasteiger charge is 2.46. The average molecular weight is 437 g/mol. The Morgan fingerprint density at radius 2 is 1.75 bits per heavy atom. The van der Waals surface area contributed by atoms with Gasteiger partial charge in [-0.3, -0.25) is 9.59 Å². The number of hydrogen-bond donors (Lipinski definition) is 3. The number of fused-ring (bicyclic) bond motifs is 1. The fourth-order valence-corrected chi connectivity index (χ4v) is 4.57. The number of amides is 4. The number of methoxy groups -OCH3 is 1. The van der Waals surface area contributed by atoms with Crippen LogP contribution < -0.4 is 20.7 Å². The molecule has 0 bridgehead atoms. The number of nitrogens with zero attached hydrogens (tertiary/aromatic N) is 1. The third-order valence-electron chi connectivity index (χ3n) is 6.07. The lowest BCUT2D eigenvalue weighted by atomic mass is 9.85. The van der Waals surface area contributed by atoms with Crippen molar-refractivity contribution in [2.24, 2.45) is 0 Å². The van der Waals surface area contributed by atoms with Crippen LogP contribution in [0.15, 0.2) is 54.6 Å². The van der Waals surface area contributed by atoms with Crippen molar-refractivity contribution in [2.45, 2.75) is 50.2 Å². The van der Waals surface area contributed by atoms with Gasteiger partial charge in [0.05, 0.1) is 25.3 Å². The summed E-state index contributed by atoms with van der Waals surface area (Å²) in [6.45, 7) is 0. The van der Waals surface area contributed by atoms with Crippen LogP contribution >= 0.6 is 0 Å². The Balaban J connectivity index is 1.55. The Bertz CT molecular complexity index is 981. The molecule has 1 aliphatic carbocycles. The molecule has 2 aromatic carbocycles. The SMILES string of the molecule is COc1ccccc1NC(=O)C[C@H]1C(=O)N[C@@H]2CCCC[C@@H]2N1C(=O)Nc1ccccc1. The normalized spacial score (nSPS) is 22.3. The molecule has 2 aromatic rings. The van der Waals surface area contributed by atoms with Gasteiger partial charge >= 0.3 is 6.03 Å². The second-order valence-electron chi connectivity index (χ2n) is 8.14. The number of carbonyl (C=O) groups excluding carboxylic acids is 3. The number of carbonyl (C=O) groups is 3. The number of ether oxygens (including phenoxy) is 1. The zero-order valence-corrected chi connectivity index (χ0v) is 18.0. The van der Waals surface area contributed by atoms with Gasteiger partial charge in [-0.1, -0.05) is 43.2 Å². The van der Waals surface area contributed by atoms with Crippen LogP contribution in [0.1, 0.15) is 32.1 Å². The lowest BCUT2D eigenvalue weighted by Gasteiger charge is -2.47. The molecule has 8 nitrogen and oxygen atoms in total. The van der Waals surface area contributed by atoms with Crippen molar-refractivity contribution in [1.29, 1.82) is 0 Å². The number of piperazine rings is 1. The summed E-state index contributed by atoms with van der Waals surface area (Å²) in [5.41, 5.74) is 1.17. The van der Waals surface area contributed by atoms with E-state index in [1.54, 1.807) is 35.2 Å². The first-order valence-corrected chi connectivity index (χ1v) is 10.9. The standard InChI is InChI=1S/C24H28N4O4/c1-32-21-14-8-6-12-18(21)26-22(29)15-20-23(30)27-17-11-5-7-13-19(17)28(20)24(31)25-16-9-3-2-4-10-16/h2-4,6,8-10,12,14,17,19-20H,5,7,11,13,15H2,1H3,(H,25,31)(H,26,29)(H,27,30)/t17-,19+,20+/m1/s1. The maximum atomic E-state index is 13.3. The molecule has 4 amide bonds. The van der Waals surface area contributed by atoms with Gasteiger partial charge in [0.15, 0.2) is 0 Å². The molecule has 1 heterocycles. The predicted octanol–water partition coefficient (Wildman–Crippen LogP) is 3.37. The van der Waals surface area contributed by atoms with Gasteiger partial charge < -0.3 is 25.6 Å². The van der Waals surface area contributed by atoms with E-state index in [0.717, 1.165) is 25.7 Å². The van der Waals surface area contributed by atoms with E-state index in [1.165, 1.54) is 7.11 Å². The van der Waals surface area contributed by atoms with Gasteiger partial charge in [-0.25, -0.2) is 4.79 Å². The first-order chi connectivity index (χ1) is 15.6. The smallest absolute Gasteiger partial charge is 0.322 e. The van der Waals surface area contributed by atoms with Crippen LogP contribution in [0.3, 0.4) is 0 Å². The maximum Gasteiger partial charge on any atom is 0.322 e. The fraction of sp³-hybridized carbons (Fsp3) is 0.375. The molecule has 2 aliphatic rings. The largest absolute Gasteiger partial charge is 0.495 e. The zero-order valence-electron chi connectivity index (χ0n) is 18.0. The molecule has 1 saturated heterocycles. The second kappa shape index (κ2) is 9.72. The van der Waals surface area contributed by atoms with Crippen LogP contribution in [0.2, 0.25) is 0 Å². The third kappa shape index (κ3) is 4.69. The Morgan fingerprint density at radius 3 is 2.53 bits per heavy atom. The molecule has 2 fully saturated rings. The van der Waals surface area contributed by atoms with E-state index in [0.29, 0.717) is 17.1 Å². The molecule has 1 aliphatic heterocycles. The molecule has 8 heteroatoms. The van der Waals surface area contributed by atoms with Crippen LogP contribution in [0, 0.1) is 0 Å². The summed E-state index contributed by atoms with van der Waals surface area (Å²) < 4.78 is 5.29. The van der Waals surface area contributed by atoms with Crippen molar-refractivity contribution in [3.8, 4) is 5.75 Å². The van der Waals surface area contributed by atoms with Crippen LogP contribution in [0.5, 0.6) is 5.75 Å². The van der Waals surface area contributed by atoms with Gasteiger partial charge in [0.1, 0.15) is 11.8 Å². The van der Waals surface area contributed by atoms with Crippen molar-refractivity contribution in [1.82, 2.24) is 10.2 Å². The number of para-hydroxylation sites is 3. The second-order valence-corrected chi connectivity index (χ2v) is 8.14. The zero-order chi connectivity index (χ0) is 22.5. The summed E-state index contributed by atoms with van der Waals surface area (Å²) in [7, 11) is 1.53. The van der Waals surface area contributed by atoms with E-state index >= 15 is 0 Å². The van der Waals surface area contributed by atoms with Crippen molar-refractivity contribution in [3.63, 3.8) is 0 Å². The Kier molecular flexibility index (Phi) is 6.58. The van der Waals surface area contributed by atoms with Gasteiger partial charge in [-0.15, -0.1) is 0 Å². The minimum atomic E-state index is -0.896. The monoisotopic (exact) mass is 436 g/mol. The van der Waals surface area contributed by atoms with Crippen LogP contribution in [0.25, 0.3) is 0 Å². The van der Waals surface area contributed by atoms with Crippen molar-refractivity contribution in [3.05, 3.63) is 54.6 Å². The number of anilines is 2. The molecule has 168 valence electrons. The molecule has 4 rings (SSSR count). The van der Waals surface area contributed by atoms with Gasteiger partial charge in [0.2, 0.25) is 11.8 Å². The number of nitrogens with one attached hydrogen (secondary N) is 3. The topological polar surface area (TPSA) is 99.8 Å². The van der Waals surface area contributed by atoms with Crippen LogP contribution in [-0.4, -0.2) is 48.0 Å². The quantitative estimate of drug-likeness (QED) is 0.669. The Morgan fingerprint density at radius 1 is 1.03 bits per heavy atom. The molecule has 3 N–H and O–H groups in total. The lowest BCUT2D eigenvalue weighted by Crippen LogP contribution is -2.68. The van der Waals surface area contributed by atoms with Crippen molar-refractivity contribution < 1.29 is 19.1 Å². The van der Waals surface area contributed by atoms with E-state index in [1.807, 2.05) is 24.3 Å². The summed E-state index contributed by atoms with van der Waals surface area (Å²) in [5.74, 6) is -0.132.